The number of nitrogens with zero attached hydrogens (tertiary/aromatic N) is 9. The number of alkyl carbamates (subject to hydrolysis) is 1. The van der Waals surface area contributed by atoms with E-state index in [2.05, 4.69) is 46.4 Å². The van der Waals surface area contributed by atoms with Crippen molar-refractivity contribution in [3.05, 3.63) is 90.1 Å². The quantitative estimate of drug-likeness (QED) is 0.00453. The Balaban J connectivity index is 0.638. The Morgan fingerprint density at radius 2 is 1.43 bits per heavy atom. The Labute approximate surface area is 760 Å². The lowest BCUT2D eigenvalue weighted by atomic mass is 9.79. The van der Waals surface area contributed by atoms with E-state index in [0.717, 1.165) is 35.0 Å². The minimum Gasteiger partial charge on any atom is -0.459 e. The molecule has 4 aromatic heterocycles. The minimum absolute atomic E-state index is 0.0189. The number of fused-ring (bicyclic) bond motifs is 5. The number of esters is 1. The van der Waals surface area contributed by atoms with Gasteiger partial charge in [0.05, 0.1) is 127 Å². The molecule has 13 N–H and O–H groups in total. The fraction of sp³-hybridized carbons (Fsp3) is 0.663. The van der Waals surface area contributed by atoms with E-state index < -0.39 is 107 Å². The molecule has 2 saturated heterocycles. The van der Waals surface area contributed by atoms with E-state index in [4.69, 9.17) is 79.2 Å². The zero-order valence-electron chi connectivity index (χ0n) is 77.4. The highest BCUT2D eigenvalue weighted by atomic mass is 16.7. The number of nitrogens with one attached hydrogen (secondary N) is 4. The molecule has 5 aromatic rings. The van der Waals surface area contributed by atoms with Crippen LogP contribution < -0.4 is 33.2 Å². The van der Waals surface area contributed by atoms with Gasteiger partial charge in [-0.25, -0.2) is 28.9 Å². The number of H-pyrrole nitrogens is 1. The standard InChI is InChI=1S/C92H140N16O22/c1-58-19-13-12-14-20-59(2)75(119-10)53-68-25-22-63(6)92(118,129-68)85(114)88(115)106-33-17-15-21-74(106)89(116)128-76(54-71(104-130-91(7,8)9)60(3)48-62(5)83(112)84(113)82(111)61(4)47-58)69(94)49-64-23-27-73(77(50-64)120-11)108-55-67(102-105-108)56-127-90(117)98-32-38-124-42-46-126-44-40-122-36-29-79(110)97-31-37-123-41-45-125-43-39-121-35-28-78(109)96-30-16-18-34-107-87-80(86(95)99-57-100-87)81(103-107)72-52-65-51-66(93)24-26-70(65)101-72/h12-14,19-20,24,26,48,51-52,55,57-58,60-61,63-64,68-69,73-77,83-84,101,112-113,118H,15-18,21-23,25,27-47,49-50,53-54,56,93-94H2,1-11H3,(H,96,109)(H,97,110)(H,98,117)(H2,95,99,100)/b14-12+,19-13+,59-20+,62-48+,104-71-/t58-,60-,61-,63-,64+,68+,69-,73+,74+,75+,76+,77-,83-,84+,92-/m1/s1. The van der Waals surface area contributed by atoms with Crippen molar-refractivity contribution in [1.29, 1.82) is 0 Å². The number of allylic oxidation sites excluding steroid dienone is 6. The number of rotatable bonds is 39. The highest BCUT2D eigenvalue weighted by Crippen LogP contribution is 2.40. The summed E-state index contributed by atoms with van der Waals surface area (Å²) < 4.78 is 67.2. The Hall–Kier alpha value is -9.55. The van der Waals surface area contributed by atoms with Crippen molar-refractivity contribution in [2.75, 3.05) is 131 Å². The number of ether oxygens (including phenoxy) is 11. The SMILES string of the molecule is CO[C@H]1C[C@@H]2CC[C@@H](C)[C@@](O)(O2)C(=O)C(=O)N2CCCC[C@H]2C(=O)O[C@H]([C@H](N)C[C@@H]2CC[C@H](n3cc(COC(=O)NCCOCCOCCOCCC(=O)NCCOCCOCCOCCC(=O)NCCCCn4nc(-c5cc6cc(N)ccc6[nH]5)c5c(N)ncnc54)nn3)[C@H](OC)C2)C/C(=N/OC(C)(C)C)[C@H](C)/C=C(\C)[C@@H](O)[C@@H](O)C(=O)[C@H](C)C[C@H](C)/C=C/C=C/C=C/1C. The van der Waals surface area contributed by atoms with E-state index in [1.807, 2.05) is 93.9 Å². The minimum atomic E-state index is -2.51. The number of aromatic nitrogens is 8. The van der Waals surface area contributed by atoms with Crippen LogP contribution in [0.3, 0.4) is 0 Å². The van der Waals surface area contributed by atoms with Gasteiger partial charge in [-0.05, 0) is 159 Å². The molecule has 9 rings (SSSR count). The number of amides is 4. The summed E-state index contributed by atoms with van der Waals surface area (Å²) in [5.41, 5.74) is 24.3. The second-order valence-corrected chi connectivity index (χ2v) is 35.2. The first-order chi connectivity index (χ1) is 62.3. The fourth-order valence-electron chi connectivity index (χ4n) is 16.4. The number of methoxy groups -OCH3 is 2. The van der Waals surface area contributed by atoms with Gasteiger partial charge in [0.25, 0.3) is 11.7 Å². The van der Waals surface area contributed by atoms with Crippen LogP contribution >= 0.6 is 0 Å². The average molecular weight is 1820 g/mol. The Bertz CT molecular complexity index is 4600. The molecule has 38 heteroatoms. The molecule has 15 atom stereocenters. The predicted molar refractivity (Wildman–Crippen MR) is 485 cm³/mol. The number of benzene rings is 1. The van der Waals surface area contributed by atoms with Crippen molar-refractivity contribution >= 4 is 80.5 Å². The lowest BCUT2D eigenvalue weighted by molar-refractivity contribution is -0.265. The largest absolute Gasteiger partial charge is 0.459 e. The summed E-state index contributed by atoms with van der Waals surface area (Å²) in [6.45, 7) is 20.9. The first kappa shape index (κ1) is 104. The normalized spacial score (nSPS) is 26.5. The predicted octanol–water partition coefficient (Wildman–Crippen LogP) is 7.56. The number of unbranched alkanes of at least 4 members (excludes halogenated alkanes) is 1. The molecule has 0 unspecified atom stereocenters. The molecular formula is C92H140N16O22. The fourth-order valence-corrected chi connectivity index (χ4v) is 16.4. The maximum absolute atomic E-state index is 15.1. The van der Waals surface area contributed by atoms with Crippen molar-refractivity contribution in [3.8, 4) is 11.4 Å². The number of nitrogens with two attached hydrogens (primary N) is 3. The first-order valence-corrected chi connectivity index (χ1v) is 45.6. The molecule has 1 aromatic carbocycles. The molecule has 720 valence electrons. The van der Waals surface area contributed by atoms with Crippen molar-refractivity contribution in [2.45, 2.75) is 244 Å². The lowest BCUT2D eigenvalue weighted by Gasteiger charge is -2.42. The highest BCUT2D eigenvalue weighted by Gasteiger charge is 2.53. The number of carbonyl (C=O) groups excluding carboxylic acids is 7. The van der Waals surface area contributed by atoms with Crippen molar-refractivity contribution in [2.24, 2.45) is 40.5 Å². The lowest BCUT2D eigenvalue weighted by Crippen LogP contribution is -2.61. The van der Waals surface area contributed by atoms with E-state index in [9.17, 15) is 44.1 Å². The van der Waals surface area contributed by atoms with Crippen LogP contribution in [0.15, 0.2) is 89.5 Å². The number of cyclic esters (lactones) is 1. The number of ketones is 2. The van der Waals surface area contributed by atoms with Crippen LogP contribution in [0, 0.1) is 29.6 Å². The summed E-state index contributed by atoms with van der Waals surface area (Å²) >= 11 is 0. The van der Waals surface area contributed by atoms with E-state index in [1.54, 1.807) is 58.9 Å². The zero-order valence-corrected chi connectivity index (χ0v) is 77.4. The number of anilines is 2. The summed E-state index contributed by atoms with van der Waals surface area (Å²) in [4.78, 5) is 115. The van der Waals surface area contributed by atoms with Crippen LogP contribution in [0.5, 0.6) is 0 Å². The second-order valence-electron chi connectivity index (χ2n) is 35.2. The van der Waals surface area contributed by atoms with Gasteiger partial charge in [0.1, 0.15) is 60.1 Å². The third kappa shape index (κ3) is 32.1. The van der Waals surface area contributed by atoms with Crippen LogP contribution in [0.4, 0.5) is 16.3 Å². The molecule has 3 aliphatic heterocycles. The van der Waals surface area contributed by atoms with E-state index in [0.29, 0.717) is 150 Å². The molecule has 4 aliphatic rings. The molecule has 7 heterocycles. The van der Waals surface area contributed by atoms with Crippen molar-refractivity contribution < 1.29 is 106 Å². The molecular weight excluding hydrogens is 1680 g/mol. The molecule has 1 aliphatic carbocycles. The Morgan fingerprint density at radius 3 is 2.12 bits per heavy atom. The van der Waals surface area contributed by atoms with Gasteiger partial charge in [0.2, 0.25) is 17.6 Å². The number of carbonyl (C=O) groups is 7. The van der Waals surface area contributed by atoms with Gasteiger partial charge in [-0.2, -0.15) is 5.10 Å². The molecule has 0 spiro atoms. The number of aryl methyl sites for hydroxylation is 1. The zero-order chi connectivity index (χ0) is 93.9. The number of hydrogen-bond acceptors (Lipinski definition) is 31. The van der Waals surface area contributed by atoms with Crippen LogP contribution in [0.25, 0.3) is 33.3 Å². The Kier molecular flexibility index (Phi) is 42.2. The van der Waals surface area contributed by atoms with Gasteiger partial charge in [-0.3, -0.25) is 24.0 Å². The number of Topliss-reactive ketones (excluding diaryl/α,β-unsaturated/α-hetero) is 2. The molecule has 130 heavy (non-hydrogen) atoms. The molecule has 38 nitrogen and oxygen atoms in total. The van der Waals surface area contributed by atoms with E-state index in [-0.39, 0.29) is 133 Å². The third-order valence-electron chi connectivity index (χ3n) is 23.8. The topological polar surface area (TPSA) is 511 Å². The summed E-state index contributed by atoms with van der Waals surface area (Å²) in [5.74, 6) is -8.29. The van der Waals surface area contributed by atoms with Crippen molar-refractivity contribution in [3.63, 3.8) is 0 Å². The van der Waals surface area contributed by atoms with Crippen LogP contribution in [0.2, 0.25) is 0 Å². The van der Waals surface area contributed by atoms with Gasteiger partial charge in [-0.15, -0.1) is 5.10 Å². The monoisotopic (exact) mass is 1820 g/mol. The molecule has 2 bridgehead atoms. The second kappa shape index (κ2) is 52.6. The number of aliphatic hydroxyl groups is 3. The summed E-state index contributed by atoms with van der Waals surface area (Å²) in [7, 11) is 3.16. The van der Waals surface area contributed by atoms with Gasteiger partial charge in [0.15, 0.2) is 11.4 Å². The number of piperidine rings is 1. The molecule has 1 saturated carbocycles. The smallest absolute Gasteiger partial charge is 0.407 e. The third-order valence-corrected chi connectivity index (χ3v) is 23.8. The first-order valence-electron chi connectivity index (χ1n) is 45.6. The maximum atomic E-state index is 15.1. The summed E-state index contributed by atoms with van der Waals surface area (Å²) in [5, 5.41) is 63.5. The van der Waals surface area contributed by atoms with Gasteiger partial charge in [0, 0.05) is 113 Å². The summed E-state index contributed by atoms with van der Waals surface area (Å²) in [6, 6.07) is 5.22. The number of hydrogen-bond donors (Lipinski definition) is 10. The molecule has 0 radical (unpaired) electrons. The maximum Gasteiger partial charge on any atom is 0.407 e. The Morgan fingerprint density at radius 1 is 0.754 bits per heavy atom. The van der Waals surface area contributed by atoms with Crippen LogP contribution in [0.1, 0.15) is 177 Å². The average Bonchev–Trinajstić information content (AvgIpc) is 1.51. The van der Waals surface area contributed by atoms with Crippen LogP contribution in [-0.4, -0.2) is 287 Å². The number of oxime groups is 1. The van der Waals surface area contributed by atoms with Gasteiger partial charge in [-0.1, -0.05) is 74.5 Å². The molecule has 4 amide bonds. The number of aromatic amines is 1. The van der Waals surface area contributed by atoms with Crippen molar-refractivity contribution in [1.82, 2.24) is 60.6 Å². The summed E-state index contributed by atoms with van der Waals surface area (Å²) in [6.07, 6.45) is 13.9. The van der Waals surface area contributed by atoms with E-state index >= 15 is 4.79 Å². The van der Waals surface area contributed by atoms with Gasteiger partial charge >= 0.3 is 12.1 Å². The molecule has 3 fully saturated rings. The number of nitrogen functional groups attached to an aromatic ring is 2. The van der Waals surface area contributed by atoms with Crippen LogP contribution in [-0.2, 0) is 98.9 Å². The highest BCUT2D eigenvalue weighted by molar-refractivity contribution is 6.39. The van der Waals surface area contributed by atoms with Gasteiger partial charge < -0.3 is 115 Å². The number of aliphatic hydroxyl groups excluding tert-OH is 2. The van der Waals surface area contributed by atoms with E-state index in [1.165, 1.54) is 11.2 Å².